The first-order chi connectivity index (χ1) is 9.66. The second kappa shape index (κ2) is 7.28. The molecule has 1 aromatic rings. The molecule has 2 atom stereocenters. The van der Waals surface area contributed by atoms with Gasteiger partial charge >= 0.3 is 0 Å². The molecule has 0 saturated heterocycles. The van der Waals surface area contributed by atoms with Gasteiger partial charge in [-0.1, -0.05) is 38.5 Å². The van der Waals surface area contributed by atoms with Gasteiger partial charge in [-0.25, -0.2) is 0 Å². The molecule has 3 N–H and O–H groups in total. The molecule has 0 aromatic heterocycles. The summed E-state index contributed by atoms with van der Waals surface area (Å²) in [6.07, 6.45) is 0.964. The molecule has 120 valence electrons. The summed E-state index contributed by atoms with van der Waals surface area (Å²) in [5.74, 6) is 0.979. The Balaban J connectivity index is 3.14. The van der Waals surface area contributed by atoms with Crippen LogP contribution in [-0.2, 0) is 11.8 Å². The van der Waals surface area contributed by atoms with Crippen molar-refractivity contribution in [1.29, 1.82) is 0 Å². The highest BCUT2D eigenvalue weighted by molar-refractivity contribution is 5.48. The molecule has 0 heterocycles. The van der Waals surface area contributed by atoms with Gasteiger partial charge in [-0.3, -0.25) is 0 Å². The molecular formula is C18H31NO2. The van der Waals surface area contributed by atoms with Gasteiger partial charge in [-0.05, 0) is 44.6 Å². The smallest absolute Gasteiger partial charge is 0.126 e. The van der Waals surface area contributed by atoms with Crippen LogP contribution in [0.5, 0.6) is 5.75 Å². The van der Waals surface area contributed by atoms with Crippen molar-refractivity contribution in [2.45, 2.75) is 71.9 Å². The number of aryl methyl sites for hydroxylation is 2. The van der Waals surface area contributed by atoms with Gasteiger partial charge in [0.2, 0.25) is 0 Å². The maximum Gasteiger partial charge on any atom is 0.126 e. The maximum atomic E-state index is 9.94. The molecule has 0 amide bonds. The molecule has 0 aliphatic rings. The number of benzene rings is 1. The Hall–Kier alpha value is -1.06. The fourth-order valence-electron chi connectivity index (χ4n) is 2.47. The summed E-state index contributed by atoms with van der Waals surface area (Å²) < 4.78 is 5.93. The minimum atomic E-state index is -0.474. The molecule has 2 unspecified atom stereocenters. The lowest BCUT2D eigenvalue weighted by Crippen LogP contribution is -2.31. The van der Waals surface area contributed by atoms with Crippen LogP contribution in [0.25, 0.3) is 0 Å². The first kappa shape index (κ1) is 18.0. The van der Waals surface area contributed by atoms with Crippen molar-refractivity contribution in [3.8, 4) is 5.75 Å². The number of ether oxygens (including phenoxy) is 1. The van der Waals surface area contributed by atoms with Gasteiger partial charge in [-0.2, -0.15) is 0 Å². The maximum absolute atomic E-state index is 9.94. The summed E-state index contributed by atoms with van der Waals surface area (Å²) in [7, 11) is 0. The molecule has 0 fully saturated rings. The Morgan fingerprint density at radius 3 is 2.38 bits per heavy atom. The average Bonchev–Trinajstić information content (AvgIpc) is 2.36. The standard InChI is InChI=1S/C18H31NO2/c1-7-21-17-14(8-9-16(20)13(3)19)10-12(2)11-15(17)18(4,5)6/h10-11,13,16,20H,7-9,19H2,1-6H3. The van der Waals surface area contributed by atoms with E-state index in [-0.39, 0.29) is 11.5 Å². The average molecular weight is 293 g/mol. The van der Waals surface area contributed by atoms with E-state index in [1.54, 1.807) is 0 Å². The zero-order valence-corrected chi connectivity index (χ0v) is 14.4. The monoisotopic (exact) mass is 293 g/mol. The van der Waals surface area contributed by atoms with Gasteiger partial charge in [0.15, 0.2) is 0 Å². The molecule has 0 radical (unpaired) electrons. The summed E-state index contributed by atoms with van der Waals surface area (Å²) in [6, 6.07) is 4.16. The van der Waals surface area contributed by atoms with Gasteiger partial charge in [-0.15, -0.1) is 0 Å². The first-order valence-electron chi connectivity index (χ1n) is 7.87. The molecule has 0 aliphatic heterocycles. The van der Waals surface area contributed by atoms with E-state index in [0.717, 1.165) is 12.2 Å². The molecule has 3 heteroatoms. The van der Waals surface area contributed by atoms with E-state index in [1.807, 2.05) is 13.8 Å². The van der Waals surface area contributed by atoms with Crippen molar-refractivity contribution in [1.82, 2.24) is 0 Å². The van der Waals surface area contributed by atoms with Crippen LogP contribution in [0.3, 0.4) is 0 Å². The van der Waals surface area contributed by atoms with Crippen molar-refractivity contribution in [3.63, 3.8) is 0 Å². The van der Waals surface area contributed by atoms with E-state index in [9.17, 15) is 5.11 Å². The molecule has 0 aliphatic carbocycles. The third-order valence-corrected chi connectivity index (χ3v) is 3.72. The topological polar surface area (TPSA) is 55.5 Å². The molecule has 0 saturated carbocycles. The van der Waals surface area contributed by atoms with Crippen LogP contribution < -0.4 is 10.5 Å². The van der Waals surface area contributed by atoms with Gasteiger partial charge < -0.3 is 15.6 Å². The lowest BCUT2D eigenvalue weighted by atomic mass is 9.83. The van der Waals surface area contributed by atoms with Gasteiger partial charge in [0, 0.05) is 11.6 Å². The number of aliphatic hydroxyl groups is 1. The summed E-state index contributed by atoms with van der Waals surface area (Å²) >= 11 is 0. The molecule has 1 rings (SSSR count). The van der Waals surface area contributed by atoms with E-state index < -0.39 is 6.10 Å². The molecule has 3 nitrogen and oxygen atoms in total. The molecule has 21 heavy (non-hydrogen) atoms. The van der Waals surface area contributed by atoms with Crippen LogP contribution in [0.4, 0.5) is 0 Å². The molecular weight excluding hydrogens is 262 g/mol. The summed E-state index contributed by atoms with van der Waals surface area (Å²) in [5.41, 5.74) is 9.41. The Labute approximate surface area is 129 Å². The summed E-state index contributed by atoms with van der Waals surface area (Å²) in [4.78, 5) is 0. The highest BCUT2D eigenvalue weighted by atomic mass is 16.5. The van der Waals surface area contributed by atoms with Crippen LogP contribution >= 0.6 is 0 Å². The normalized spacial score (nSPS) is 14.9. The van der Waals surface area contributed by atoms with Crippen LogP contribution in [0, 0.1) is 6.92 Å². The number of rotatable bonds is 6. The zero-order chi connectivity index (χ0) is 16.2. The predicted octanol–water partition coefficient (Wildman–Crippen LogP) is 3.33. The van der Waals surface area contributed by atoms with Crippen molar-refractivity contribution >= 4 is 0 Å². The van der Waals surface area contributed by atoms with Crippen molar-refractivity contribution in [2.24, 2.45) is 5.73 Å². The van der Waals surface area contributed by atoms with Crippen LogP contribution in [0.15, 0.2) is 12.1 Å². The molecule has 0 bridgehead atoms. The number of hydrogen-bond acceptors (Lipinski definition) is 3. The number of aliphatic hydroxyl groups excluding tert-OH is 1. The van der Waals surface area contributed by atoms with Gasteiger partial charge in [0.25, 0.3) is 0 Å². The Bertz CT molecular complexity index is 461. The predicted molar refractivity (Wildman–Crippen MR) is 89.0 cm³/mol. The lowest BCUT2D eigenvalue weighted by molar-refractivity contribution is 0.141. The van der Waals surface area contributed by atoms with Crippen LogP contribution in [0.2, 0.25) is 0 Å². The van der Waals surface area contributed by atoms with Gasteiger partial charge in [0.05, 0.1) is 12.7 Å². The van der Waals surface area contributed by atoms with Gasteiger partial charge in [0.1, 0.15) is 5.75 Å². The SMILES string of the molecule is CCOc1c(CCC(O)C(C)N)cc(C)cc1C(C)(C)C. The van der Waals surface area contributed by atoms with Crippen LogP contribution in [0.1, 0.15) is 57.7 Å². The highest BCUT2D eigenvalue weighted by Gasteiger charge is 2.22. The number of nitrogens with two attached hydrogens (primary N) is 1. The fraction of sp³-hybridized carbons (Fsp3) is 0.667. The minimum absolute atomic E-state index is 0.0328. The van der Waals surface area contributed by atoms with Crippen molar-refractivity contribution in [3.05, 3.63) is 28.8 Å². The molecule has 0 spiro atoms. The zero-order valence-electron chi connectivity index (χ0n) is 14.4. The summed E-state index contributed by atoms with van der Waals surface area (Å²) in [5, 5.41) is 9.94. The molecule has 1 aromatic carbocycles. The Morgan fingerprint density at radius 1 is 1.29 bits per heavy atom. The lowest BCUT2D eigenvalue weighted by Gasteiger charge is -2.26. The second-order valence-electron chi connectivity index (χ2n) is 6.95. The second-order valence-corrected chi connectivity index (χ2v) is 6.95. The largest absolute Gasteiger partial charge is 0.493 e. The Morgan fingerprint density at radius 2 is 1.90 bits per heavy atom. The van der Waals surface area contributed by atoms with Crippen molar-refractivity contribution < 1.29 is 9.84 Å². The van der Waals surface area contributed by atoms with Crippen LogP contribution in [-0.4, -0.2) is 23.9 Å². The van der Waals surface area contributed by atoms with E-state index in [1.165, 1.54) is 16.7 Å². The summed E-state index contributed by atoms with van der Waals surface area (Å²) in [6.45, 7) is 13.2. The highest BCUT2D eigenvalue weighted by Crippen LogP contribution is 2.36. The minimum Gasteiger partial charge on any atom is -0.493 e. The Kier molecular flexibility index (Phi) is 6.24. The van der Waals surface area contributed by atoms with E-state index in [2.05, 4.69) is 39.8 Å². The van der Waals surface area contributed by atoms with E-state index in [4.69, 9.17) is 10.5 Å². The first-order valence-corrected chi connectivity index (χ1v) is 7.87. The van der Waals surface area contributed by atoms with E-state index >= 15 is 0 Å². The third-order valence-electron chi connectivity index (χ3n) is 3.72. The fourth-order valence-corrected chi connectivity index (χ4v) is 2.47. The quantitative estimate of drug-likeness (QED) is 0.846. The third kappa shape index (κ3) is 5.01. The van der Waals surface area contributed by atoms with Crippen molar-refractivity contribution in [2.75, 3.05) is 6.61 Å². The van der Waals surface area contributed by atoms with E-state index in [0.29, 0.717) is 13.0 Å². The number of hydrogen-bond donors (Lipinski definition) is 2.